The Labute approximate surface area is 120 Å². The van der Waals surface area contributed by atoms with Gasteiger partial charge in [-0.05, 0) is 25.2 Å². The topological polar surface area (TPSA) is 20.3 Å². The van der Waals surface area contributed by atoms with Crippen LogP contribution in [0.15, 0.2) is 42.5 Å². The van der Waals surface area contributed by atoms with Gasteiger partial charge in [0.25, 0.3) is 0 Å². The summed E-state index contributed by atoms with van der Waals surface area (Å²) in [5.41, 5.74) is -0.139. The van der Waals surface area contributed by atoms with Crippen LogP contribution in [0.25, 0.3) is 0 Å². The summed E-state index contributed by atoms with van der Waals surface area (Å²) in [5, 5.41) is 0. The summed E-state index contributed by atoms with van der Waals surface area (Å²) in [6.45, 7) is -0.0271. The van der Waals surface area contributed by atoms with Gasteiger partial charge in [-0.2, -0.15) is 0 Å². The molecule has 21 heavy (non-hydrogen) atoms. The maximum absolute atomic E-state index is 13.5. The molecule has 2 rings (SSSR count). The molecule has 2 aromatic rings. The summed E-state index contributed by atoms with van der Waals surface area (Å²) >= 11 is 0. The van der Waals surface area contributed by atoms with E-state index in [9.17, 15) is 18.0 Å². The lowest BCUT2D eigenvalue weighted by Gasteiger charge is -2.16. The van der Waals surface area contributed by atoms with Crippen molar-refractivity contribution in [3.05, 3.63) is 71.0 Å². The van der Waals surface area contributed by atoms with Gasteiger partial charge in [0.1, 0.15) is 17.5 Å². The van der Waals surface area contributed by atoms with Crippen LogP contribution in [0.1, 0.15) is 15.9 Å². The third kappa shape index (κ3) is 3.70. The lowest BCUT2D eigenvalue weighted by Crippen LogP contribution is -2.27. The Morgan fingerprint density at radius 2 is 1.52 bits per heavy atom. The number of likely N-dealkylation sites (N-methyl/N-ethyl adjacent to an activating group) is 1. The lowest BCUT2D eigenvalue weighted by atomic mass is 10.1. The van der Waals surface area contributed by atoms with Gasteiger partial charge in [0.05, 0.1) is 12.1 Å². The van der Waals surface area contributed by atoms with Gasteiger partial charge in [0.15, 0.2) is 5.78 Å². The highest BCUT2D eigenvalue weighted by atomic mass is 19.1. The molecule has 0 saturated heterocycles. The van der Waals surface area contributed by atoms with Crippen LogP contribution >= 0.6 is 0 Å². The van der Waals surface area contributed by atoms with Crippen molar-refractivity contribution in [1.29, 1.82) is 0 Å². The molecule has 110 valence electrons. The fraction of sp³-hybridized carbons (Fsp3) is 0.188. The number of hydrogen-bond donors (Lipinski definition) is 0. The molecule has 0 aliphatic rings. The summed E-state index contributed by atoms with van der Waals surface area (Å²) in [5.74, 6) is -2.84. The number of ketones is 1. The highest BCUT2D eigenvalue weighted by molar-refractivity contribution is 5.98. The van der Waals surface area contributed by atoms with Crippen molar-refractivity contribution in [2.24, 2.45) is 0 Å². The van der Waals surface area contributed by atoms with Gasteiger partial charge in [-0.15, -0.1) is 0 Å². The second kappa shape index (κ2) is 6.54. The minimum absolute atomic E-state index is 0.175. The number of benzene rings is 2. The fourth-order valence-electron chi connectivity index (χ4n) is 2.06. The minimum Gasteiger partial charge on any atom is -0.294 e. The molecule has 0 saturated carbocycles. The number of carbonyl (C=O) groups is 1. The number of Topliss-reactive ketones (excluding diaryl/α,β-unsaturated/α-hetero) is 1. The Hall–Kier alpha value is -2.14. The number of hydrogen-bond acceptors (Lipinski definition) is 2. The summed E-state index contributed by atoms with van der Waals surface area (Å²) in [6, 6.07) is 9.44. The van der Waals surface area contributed by atoms with Gasteiger partial charge < -0.3 is 0 Å². The van der Waals surface area contributed by atoms with E-state index in [-0.39, 0.29) is 18.9 Å². The Bertz CT molecular complexity index is 637. The molecule has 0 atom stereocenters. The Morgan fingerprint density at radius 1 is 0.952 bits per heavy atom. The van der Waals surface area contributed by atoms with Gasteiger partial charge in [-0.1, -0.05) is 24.3 Å². The van der Waals surface area contributed by atoms with Crippen LogP contribution in [-0.4, -0.2) is 24.3 Å². The van der Waals surface area contributed by atoms with E-state index in [1.165, 1.54) is 17.0 Å². The van der Waals surface area contributed by atoms with Crippen LogP contribution in [0.4, 0.5) is 13.2 Å². The van der Waals surface area contributed by atoms with Crippen molar-refractivity contribution in [2.45, 2.75) is 6.54 Å². The molecule has 0 aliphatic heterocycles. The standard InChI is InChI=1S/C16H14F3NO/c1-20(9-11-5-2-3-6-12(11)17)10-15(21)16-13(18)7-4-8-14(16)19/h2-8H,9-10H2,1H3. The van der Waals surface area contributed by atoms with Gasteiger partial charge in [-0.25, -0.2) is 13.2 Å². The van der Waals surface area contributed by atoms with E-state index < -0.39 is 23.0 Å². The summed E-state index contributed by atoms with van der Waals surface area (Å²) in [7, 11) is 1.59. The van der Waals surface area contributed by atoms with Crippen LogP contribution in [0.3, 0.4) is 0 Å². The molecule has 0 fully saturated rings. The summed E-state index contributed by atoms with van der Waals surface area (Å²) in [4.78, 5) is 13.5. The van der Waals surface area contributed by atoms with E-state index in [4.69, 9.17) is 0 Å². The van der Waals surface area contributed by atoms with Crippen LogP contribution in [-0.2, 0) is 6.54 Å². The molecule has 0 radical (unpaired) electrons. The lowest BCUT2D eigenvalue weighted by molar-refractivity contribution is 0.0934. The average Bonchev–Trinajstić information content (AvgIpc) is 2.41. The Morgan fingerprint density at radius 3 is 2.14 bits per heavy atom. The first-order chi connectivity index (χ1) is 9.99. The molecule has 0 N–H and O–H groups in total. The molecule has 0 spiro atoms. The van der Waals surface area contributed by atoms with Crippen molar-refractivity contribution < 1.29 is 18.0 Å². The third-order valence-corrected chi connectivity index (χ3v) is 3.05. The van der Waals surface area contributed by atoms with Crippen molar-refractivity contribution >= 4 is 5.78 Å². The molecule has 5 heteroatoms. The van der Waals surface area contributed by atoms with Gasteiger partial charge in [0, 0.05) is 12.1 Å². The fourth-order valence-corrected chi connectivity index (χ4v) is 2.06. The number of carbonyl (C=O) groups excluding carboxylic acids is 1. The number of halogens is 3. The monoisotopic (exact) mass is 293 g/mol. The molecule has 0 bridgehead atoms. The van der Waals surface area contributed by atoms with E-state index in [1.54, 1.807) is 25.2 Å². The molecule has 0 amide bonds. The molecular weight excluding hydrogens is 279 g/mol. The van der Waals surface area contributed by atoms with Crippen LogP contribution < -0.4 is 0 Å². The molecule has 0 aliphatic carbocycles. The van der Waals surface area contributed by atoms with Crippen LogP contribution in [0.2, 0.25) is 0 Å². The van der Waals surface area contributed by atoms with Crippen molar-refractivity contribution in [3.63, 3.8) is 0 Å². The largest absolute Gasteiger partial charge is 0.294 e. The first-order valence-corrected chi connectivity index (χ1v) is 6.38. The molecule has 2 aromatic carbocycles. The SMILES string of the molecule is CN(CC(=O)c1c(F)cccc1F)Cc1ccccc1F. The van der Waals surface area contributed by atoms with E-state index in [0.29, 0.717) is 5.56 Å². The molecule has 0 aromatic heterocycles. The normalized spacial score (nSPS) is 10.9. The zero-order valence-corrected chi connectivity index (χ0v) is 11.4. The smallest absolute Gasteiger partial charge is 0.182 e. The number of rotatable bonds is 5. The zero-order valence-electron chi connectivity index (χ0n) is 11.4. The molecule has 0 heterocycles. The van der Waals surface area contributed by atoms with Crippen molar-refractivity contribution in [2.75, 3.05) is 13.6 Å². The van der Waals surface area contributed by atoms with Gasteiger partial charge >= 0.3 is 0 Å². The third-order valence-electron chi connectivity index (χ3n) is 3.05. The first kappa shape index (κ1) is 15.3. The van der Waals surface area contributed by atoms with Crippen molar-refractivity contribution in [3.8, 4) is 0 Å². The quantitative estimate of drug-likeness (QED) is 0.787. The zero-order chi connectivity index (χ0) is 15.4. The van der Waals surface area contributed by atoms with Gasteiger partial charge in [-0.3, -0.25) is 9.69 Å². The molecule has 0 unspecified atom stereocenters. The van der Waals surface area contributed by atoms with E-state index in [1.807, 2.05) is 0 Å². The number of nitrogens with zero attached hydrogens (tertiary/aromatic N) is 1. The first-order valence-electron chi connectivity index (χ1n) is 6.38. The highest BCUT2D eigenvalue weighted by Crippen LogP contribution is 2.14. The maximum atomic E-state index is 13.5. The summed E-state index contributed by atoms with van der Waals surface area (Å²) < 4.78 is 40.5. The Kier molecular flexibility index (Phi) is 4.75. The van der Waals surface area contributed by atoms with Crippen molar-refractivity contribution in [1.82, 2.24) is 4.90 Å². The highest BCUT2D eigenvalue weighted by Gasteiger charge is 2.18. The van der Waals surface area contributed by atoms with E-state index in [2.05, 4.69) is 0 Å². The predicted octanol–water partition coefficient (Wildman–Crippen LogP) is 3.42. The van der Waals surface area contributed by atoms with Crippen LogP contribution in [0.5, 0.6) is 0 Å². The average molecular weight is 293 g/mol. The predicted molar refractivity (Wildman–Crippen MR) is 73.4 cm³/mol. The molecule has 2 nitrogen and oxygen atoms in total. The van der Waals surface area contributed by atoms with E-state index >= 15 is 0 Å². The van der Waals surface area contributed by atoms with E-state index in [0.717, 1.165) is 12.1 Å². The second-order valence-electron chi connectivity index (χ2n) is 4.78. The van der Waals surface area contributed by atoms with Gasteiger partial charge in [0.2, 0.25) is 0 Å². The maximum Gasteiger partial charge on any atom is 0.182 e. The second-order valence-corrected chi connectivity index (χ2v) is 4.78. The Balaban J connectivity index is 2.08. The van der Waals surface area contributed by atoms with Crippen LogP contribution in [0, 0.1) is 17.5 Å². The summed E-state index contributed by atoms with van der Waals surface area (Å²) in [6.07, 6.45) is 0. The minimum atomic E-state index is -0.890. The molecular formula is C16H14F3NO.